The van der Waals surface area contributed by atoms with Crippen LogP contribution in [-0.4, -0.2) is 19.0 Å². The summed E-state index contributed by atoms with van der Waals surface area (Å²) in [5.74, 6) is -0.961. The number of benzene rings is 1. The minimum atomic E-state index is -0.664. The van der Waals surface area contributed by atoms with Crippen molar-refractivity contribution in [3.05, 3.63) is 27.7 Å². The van der Waals surface area contributed by atoms with Crippen molar-refractivity contribution < 1.29 is 19.1 Å². The first kappa shape index (κ1) is 9.21. The number of rotatable bonds is 1. The highest BCUT2D eigenvalue weighted by molar-refractivity contribution is 9.10. The first-order chi connectivity index (χ1) is 6.65. The lowest BCUT2D eigenvalue weighted by atomic mass is 10.1. The van der Waals surface area contributed by atoms with Gasteiger partial charge in [-0.25, -0.2) is 9.59 Å². The monoisotopic (exact) mass is 256 g/mol. The Balaban J connectivity index is 2.74. The fourth-order valence-corrected chi connectivity index (χ4v) is 1.81. The molecule has 1 aliphatic heterocycles. The van der Waals surface area contributed by atoms with E-state index >= 15 is 0 Å². The number of halogens is 1. The molecule has 0 saturated carbocycles. The van der Waals surface area contributed by atoms with E-state index in [-0.39, 0.29) is 11.1 Å². The van der Waals surface area contributed by atoms with Crippen molar-refractivity contribution in [2.24, 2.45) is 0 Å². The summed E-state index contributed by atoms with van der Waals surface area (Å²) < 4.78 is 10.1. The second kappa shape index (κ2) is 3.09. The summed E-state index contributed by atoms with van der Waals surface area (Å²) in [5, 5.41) is 0. The lowest BCUT2D eigenvalue weighted by Gasteiger charge is -2.04. The van der Waals surface area contributed by atoms with Crippen LogP contribution in [0.15, 0.2) is 16.6 Å². The fourth-order valence-electron chi connectivity index (χ4n) is 1.32. The molecule has 0 aromatic heterocycles. The number of fused-ring (bicyclic) bond motifs is 1. The van der Waals surface area contributed by atoms with E-state index in [4.69, 9.17) is 4.74 Å². The molecule has 0 amide bonds. The zero-order chi connectivity index (χ0) is 10.3. The van der Waals surface area contributed by atoms with Crippen LogP contribution in [0, 0.1) is 0 Å². The van der Waals surface area contributed by atoms with Gasteiger partial charge >= 0.3 is 11.9 Å². The van der Waals surface area contributed by atoms with E-state index in [1.165, 1.54) is 13.2 Å². The van der Waals surface area contributed by atoms with Crippen LogP contribution in [0.4, 0.5) is 0 Å². The third-order valence-electron chi connectivity index (χ3n) is 1.92. The molecular weight excluding hydrogens is 252 g/mol. The molecule has 1 aromatic carbocycles. The first-order valence-electron chi connectivity index (χ1n) is 3.78. The third-order valence-corrected chi connectivity index (χ3v) is 2.55. The van der Waals surface area contributed by atoms with Gasteiger partial charge in [-0.15, -0.1) is 0 Å². The van der Waals surface area contributed by atoms with Gasteiger partial charge in [-0.1, -0.05) is 0 Å². The molecule has 0 N–H and O–H groups in total. The van der Waals surface area contributed by atoms with E-state index in [2.05, 4.69) is 20.7 Å². The van der Waals surface area contributed by atoms with Gasteiger partial charge in [-0.05, 0) is 28.1 Å². The predicted octanol–water partition coefficient (Wildman–Crippen LogP) is 1.77. The highest BCUT2D eigenvalue weighted by atomic mass is 79.9. The molecule has 0 spiro atoms. The Kier molecular flexibility index (Phi) is 2.03. The molecule has 0 saturated heterocycles. The average Bonchev–Trinajstić information content (AvgIpc) is 2.43. The van der Waals surface area contributed by atoms with E-state index in [9.17, 15) is 9.59 Å². The molecule has 0 radical (unpaired) electrons. The van der Waals surface area contributed by atoms with Gasteiger partial charge in [0.05, 0.1) is 17.1 Å². The zero-order valence-electron chi connectivity index (χ0n) is 7.17. The van der Waals surface area contributed by atoms with Gasteiger partial charge in [0.15, 0.2) is 0 Å². The Hall–Kier alpha value is -1.36. The summed E-state index contributed by atoms with van der Waals surface area (Å²) >= 11 is 3.21. The van der Waals surface area contributed by atoms with E-state index in [0.29, 0.717) is 10.2 Å². The minimum absolute atomic E-state index is 0.187. The summed E-state index contributed by atoms with van der Waals surface area (Å²) in [6.07, 6.45) is 0. The lowest BCUT2D eigenvalue weighted by molar-refractivity contribution is 0.0443. The van der Waals surface area contributed by atoms with Crippen molar-refractivity contribution in [3.63, 3.8) is 0 Å². The Morgan fingerprint density at radius 2 is 2.00 bits per heavy atom. The van der Waals surface area contributed by atoms with Gasteiger partial charge < -0.3 is 9.47 Å². The van der Waals surface area contributed by atoms with Crippen LogP contribution in [-0.2, 0) is 4.74 Å². The molecular formula is C9H5BrO4. The molecule has 4 nitrogen and oxygen atoms in total. The van der Waals surface area contributed by atoms with Crippen molar-refractivity contribution in [1.82, 2.24) is 0 Å². The maximum absolute atomic E-state index is 11.3. The van der Waals surface area contributed by atoms with Crippen molar-refractivity contribution >= 4 is 27.9 Å². The second-order valence-corrected chi connectivity index (χ2v) is 3.53. The molecule has 0 bridgehead atoms. The summed E-state index contributed by atoms with van der Waals surface area (Å²) in [7, 11) is 1.43. The summed E-state index contributed by atoms with van der Waals surface area (Å²) in [5.41, 5.74) is 0.432. The largest absolute Gasteiger partial charge is 0.495 e. The topological polar surface area (TPSA) is 52.6 Å². The quantitative estimate of drug-likeness (QED) is 0.568. The number of methoxy groups -OCH3 is 1. The van der Waals surface area contributed by atoms with Crippen molar-refractivity contribution in [1.29, 1.82) is 0 Å². The maximum atomic E-state index is 11.3. The van der Waals surface area contributed by atoms with Crippen LogP contribution < -0.4 is 4.74 Å². The number of carbonyl (C=O) groups is 2. The van der Waals surface area contributed by atoms with Crippen LogP contribution in [0.2, 0.25) is 0 Å². The lowest BCUT2D eigenvalue weighted by Crippen LogP contribution is -1.99. The van der Waals surface area contributed by atoms with E-state index < -0.39 is 11.9 Å². The number of cyclic esters (lactones) is 2. The van der Waals surface area contributed by atoms with Crippen molar-refractivity contribution in [2.75, 3.05) is 7.11 Å². The average molecular weight is 257 g/mol. The van der Waals surface area contributed by atoms with E-state index in [1.54, 1.807) is 6.07 Å². The second-order valence-electron chi connectivity index (χ2n) is 2.68. The van der Waals surface area contributed by atoms with Gasteiger partial charge in [0.1, 0.15) is 11.3 Å². The fraction of sp³-hybridized carbons (Fsp3) is 0.111. The van der Waals surface area contributed by atoms with Gasteiger partial charge in [-0.2, -0.15) is 0 Å². The molecule has 72 valence electrons. The molecule has 1 aliphatic rings. The van der Waals surface area contributed by atoms with E-state index in [1.807, 2.05) is 0 Å². The van der Waals surface area contributed by atoms with Crippen LogP contribution in [0.5, 0.6) is 5.75 Å². The van der Waals surface area contributed by atoms with Crippen LogP contribution >= 0.6 is 15.9 Å². The first-order valence-corrected chi connectivity index (χ1v) is 4.57. The summed E-state index contributed by atoms with van der Waals surface area (Å²) in [4.78, 5) is 22.4. The molecule has 14 heavy (non-hydrogen) atoms. The molecule has 0 unspecified atom stereocenters. The Morgan fingerprint density at radius 1 is 1.29 bits per heavy atom. The highest BCUT2D eigenvalue weighted by Crippen LogP contribution is 2.35. The number of carbonyl (C=O) groups excluding carboxylic acids is 2. The van der Waals surface area contributed by atoms with Crippen LogP contribution in [0.1, 0.15) is 20.7 Å². The number of ether oxygens (including phenoxy) is 2. The molecule has 1 heterocycles. The van der Waals surface area contributed by atoms with Crippen molar-refractivity contribution in [2.45, 2.75) is 0 Å². The van der Waals surface area contributed by atoms with Gasteiger partial charge in [0.2, 0.25) is 0 Å². The molecule has 0 fully saturated rings. The molecule has 0 aliphatic carbocycles. The Labute approximate surface area is 87.9 Å². The molecule has 2 rings (SSSR count). The number of hydrogen-bond acceptors (Lipinski definition) is 4. The zero-order valence-corrected chi connectivity index (χ0v) is 8.75. The summed E-state index contributed by atoms with van der Waals surface area (Å²) in [6.45, 7) is 0. The summed E-state index contributed by atoms with van der Waals surface area (Å²) in [6, 6.07) is 3.16. The normalized spacial score (nSPS) is 13.9. The maximum Gasteiger partial charge on any atom is 0.350 e. The molecule has 1 aromatic rings. The Morgan fingerprint density at radius 3 is 2.64 bits per heavy atom. The third kappa shape index (κ3) is 1.13. The van der Waals surface area contributed by atoms with Crippen molar-refractivity contribution in [3.8, 4) is 5.75 Å². The number of hydrogen-bond donors (Lipinski definition) is 0. The van der Waals surface area contributed by atoms with Gasteiger partial charge in [0.25, 0.3) is 0 Å². The molecule has 5 heteroatoms. The smallest absolute Gasteiger partial charge is 0.350 e. The standard InChI is InChI=1S/C9H5BrO4/c1-13-7-5(10)3-2-4-6(7)9(12)14-8(4)11/h2-3H,1H3. The van der Waals surface area contributed by atoms with Crippen LogP contribution in [0.25, 0.3) is 0 Å². The minimum Gasteiger partial charge on any atom is -0.495 e. The highest BCUT2D eigenvalue weighted by Gasteiger charge is 2.33. The predicted molar refractivity (Wildman–Crippen MR) is 50.4 cm³/mol. The van der Waals surface area contributed by atoms with Gasteiger partial charge in [-0.3, -0.25) is 0 Å². The SMILES string of the molecule is COc1c(Br)ccc2c1C(=O)OC2=O. The van der Waals surface area contributed by atoms with E-state index in [0.717, 1.165) is 0 Å². The van der Waals surface area contributed by atoms with Gasteiger partial charge in [0, 0.05) is 0 Å². The number of esters is 2. The Bertz CT molecular complexity index is 439. The molecule has 0 atom stereocenters. The van der Waals surface area contributed by atoms with Crippen LogP contribution in [0.3, 0.4) is 0 Å².